The first kappa shape index (κ1) is 27.7. The second-order valence-electron chi connectivity index (χ2n) is 8.51. The first-order valence-electron chi connectivity index (χ1n) is 12.0. The topological polar surface area (TPSA) is 72.4 Å². The number of nitrogens with zero attached hydrogens (tertiary/aromatic N) is 4. The number of aliphatic imine (C=N–C) groups is 1. The number of guanidine groups is 1. The van der Waals surface area contributed by atoms with Gasteiger partial charge in [-0.1, -0.05) is 31.2 Å². The number of benzene rings is 1. The lowest BCUT2D eigenvalue weighted by Crippen LogP contribution is -2.49. The van der Waals surface area contributed by atoms with Crippen molar-refractivity contribution in [2.24, 2.45) is 4.99 Å². The first-order valence-corrected chi connectivity index (χ1v) is 12.0. The van der Waals surface area contributed by atoms with Crippen LogP contribution in [0.3, 0.4) is 0 Å². The van der Waals surface area contributed by atoms with Crippen molar-refractivity contribution < 1.29 is 9.53 Å². The van der Waals surface area contributed by atoms with E-state index in [1.165, 1.54) is 11.1 Å². The number of carbonyl (C=O) groups is 1. The normalized spacial score (nSPS) is 18.5. The van der Waals surface area contributed by atoms with E-state index in [1.54, 1.807) is 4.90 Å². The summed E-state index contributed by atoms with van der Waals surface area (Å²) in [6.45, 7) is 13.4. The zero-order chi connectivity index (χ0) is 22.8. The fraction of sp³-hybridized carbons (Fsp3) is 0.667. The van der Waals surface area contributed by atoms with Crippen molar-refractivity contribution in [3.8, 4) is 0 Å². The third-order valence-corrected chi connectivity index (χ3v) is 6.46. The number of rotatable bonds is 7. The largest absolute Gasteiger partial charge is 0.450 e. The van der Waals surface area contributed by atoms with Gasteiger partial charge in [-0.2, -0.15) is 0 Å². The molecule has 2 heterocycles. The van der Waals surface area contributed by atoms with Crippen LogP contribution in [-0.2, 0) is 17.8 Å². The van der Waals surface area contributed by atoms with Gasteiger partial charge in [0.2, 0.25) is 0 Å². The molecule has 0 radical (unpaired) electrons. The van der Waals surface area contributed by atoms with E-state index in [4.69, 9.17) is 4.74 Å². The van der Waals surface area contributed by atoms with Crippen LogP contribution in [0.15, 0.2) is 29.3 Å². The van der Waals surface area contributed by atoms with E-state index >= 15 is 0 Å². The number of likely N-dealkylation sites (N-methyl/N-ethyl adjacent to an activating group) is 1. The van der Waals surface area contributed by atoms with Crippen molar-refractivity contribution >= 4 is 36.0 Å². The average Bonchev–Trinajstić information content (AvgIpc) is 2.83. The maximum Gasteiger partial charge on any atom is 0.409 e. The summed E-state index contributed by atoms with van der Waals surface area (Å²) in [5, 5.41) is 7.01. The molecule has 8 nitrogen and oxygen atoms in total. The second kappa shape index (κ2) is 14.6. The Morgan fingerprint density at radius 1 is 1.03 bits per heavy atom. The number of nitrogens with one attached hydrogen (secondary N) is 2. The molecular weight excluding hydrogens is 531 g/mol. The van der Waals surface area contributed by atoms with Crippen LogP contribution in [0.25, 0.3) is 0 Å². The number of ether oxygens (including phenoxy) is 1. The number of hydrogen-bond donors (Lipinski definition) is 2. The molecule has 3 rings (SSSR count). The van der Waals surface area contributed by atoms with Gasteiger partial charge in [-0.05, 0) is 37.4 Å². The summed E-state index contributed by atoms with van der Waals surface area (Å²) in [6, 6.07) is 8.99. The Morgan fingerprint density at radius 3 is 2.27 bits per heavy atom. The molecule has 1 amide bonds. The second-order valence-corrected chi connectivity index (χ2v) is 8.51. The number of piperidine rings is 1. The molecule has 1 aromatic carbocycles. The highest BCUT2D eigenvalue weighted by Crippen LogP contribution is 2.14. The highest BCUT2D eigenvalue weighted by molar-refractivity contribution is 14.0. The van der Waals surface area contributed by atoms with E-state index in [0.717, 1.165) is 64.6 Å². The monoisotopic (exact) mass is 572 g/mol. The van der Waals surface area contributed by atoms with Crippen LogP contribution in [-0.4, -0.2) is 92.3 Å². The van der Waals surface area contributed by atoms with Crippen molar-refractivity contribution in [1.82, 2.24) is 25.3 Å². The Balaban J connectivity index is 0.00000385. The van der Waals surface area contributed by atoms with Crippen LogP contribution in [0, 0.1) is 0 Å². The van der Waals surface area contributed by atoms with Crippen LogP contribution < -0.4 is 10.6 Å². The summed E-state index contributed by atoms with van der Waals surface area (Å²) < 4.78 is 5.11. The molecule has 0 atom stereocenters. The number of carbonyl (C=O) groups excluding carboxylic acids is 1. The summed E-state index contributed by atoms with van der Waals surface area (Å²) in [6.07, 6.45) is 1.57. The molecule has 0 spiro atoms. The fourth-order valence-electron chi connectivity index (χ4n) is 4.38. The molecule has 33 heavy (non-hydrogen) atoms. The van der Waals surface area contributed by atoms with Crippen LogP contribution >= 0.6 is 24.0 Å². The number of halogens is 1. The zero-order valence-electron chi connectivity index (χ0n) is 20.4. The SMILES string of the molecule is CCOC(=O)N1CCC(NC(=NC)NCc2ccccc2CN2CCN(CC)CC2)CC1.I. The van der Waals surface area contributed by atoms with Crippen molar-refractivity contribution in [3.05, 3.63) is 35.4 Å². The van der Waals surface area contributed by atoms with E-state index in [2.05, 4.69) is 56.6 Å². The van der Waals surface area contributed by atoms with Crippen LogP contribution in [0.2, 0.25) is 0 Å². The summed E-state index contributed by atoms with van der Waals surface area (Å²) in [7, 11) is 1.81. The van der Waals surface area contributed by atoms with Gasteiger partial charge in [0.1, 0.15) is 0 Å². The van der Waals surface area contributed by atoms with Crippen molar-refractivity contribution in [2.75, 3.05) is 59.5 Å². The van der Waals surface area contributed by atoms with E-state index in [1.807, 2.05) is 14.0 Å². The Morgan fingerprint density at radius 2 is 1.67 bits per heavy atom. The van der Waals surface area contributed by atoms with E-state index in [0.29, 0.717) is 25.7 Å². The maximum absolute atomic E-state index is 11.9. The molecule has 1 aromatic rings. The Kier molecular flexibility index (Phi) is 12.3. The Labute approximate surface area is 216 Å². The zero-order valence-corrected chi connectivity index (χ0v) is 22.7. The number of likely N-dealkylation sites (tertiary alicyclic amines) is 1. The van der Waals surface area contributed by atoms with E-state index in [9.17, 15) is 4.79 Å². The number of piperazine rings is 1. The smallest absolute Gasteiger partial charge is 0.409 e. The van der Waals surface area contributed by atoms with Gasteiger partial charge in [0.25, 0.3) is 0 Å². The highest BCUT2D eigenvalue weighted by atomic mass is 127. The van der Waals surface area contributed by atoms with Crippen molar-refractivity contribution in [1.29, 1.82) is 0 Å². The molecule has 2 N–H and O–H groups in total. The minimum atomic E-state index is -0.207. The number of amides is 1. The lowest BCUT2D eigenvalue weighted by molar-refractivity contribution is 0.0963. The van der Waals surface area contributed by atoms with Gasteiger partial charge < -0.3 is 25.2 Å². The van der Waals surface area contributed by atoms with Crippen LogP contribution in [0.4, 0.5) is 4.79 Å². The maximum atomic E-state index is 11.9. The molecule has 2 saturated heterocycles. The molecule has 0 unspecified atom stereocenters. The van der Waals surface area contributed by atoms with Gasteiger partial charge >= 0.3 is 6.09 Å². The first-order chi connectivity index (χ1) is 15.6. The summed E-state index contributed by atoms with van der Waals surface area (Å²) in [5.41, 5.74) is 2.69. The summed E-state index contributed by atoms with van der Waals surface area (Å²) in [5.74, 6) is 0.811. The molecule has 0 aromatic heterocycles. The van der Waals surface area contributed by atoms with Gasteiger partial charge in [0, 0.05) is 65.4 Å². The van der Waals surface area contributed by atoms with Crippen LogP contribution in [0.1, 0.15) is 37.8 Å². The van der Waals surface area contributed by atoms with Crippen LogP contribution in [0.5, 0.6) is 0 Å². The molecule has 186 valence electrons. The van der Waals surface area contributed by atoms with Gasteiger partial charge in [0.15, 0.2) is 5.96 Å². The van der Waals surface area contributed by atoms with Gasteiger partial charge in [-0.15, -0.1) is 24.0 Å². The van der Waals surface area contributed by atoms with Gasteiger partial charge in [-0.25, -0.2) is 4.79 Å². The van der Waals surface area contributed by atoms with E-state index in [-0.39, 0.29) is 30.1 Å². The van der Waals surface area contributed by atoms with Gasteiger partial charge in [-0.3, -0.25) is 9.89 Å². The summed E-state index contributed by atoms with van der Waals surface area (Å²) >= 11 is 0. The van der Waals surface area contributed by atoms with Crippen molar-refractivity contribution in [2.45, 2.75) is 45.8 Å². The quantitative estimate of drug-likeness (QED) is 0.298. The average molecular weight is 573 g/mol. The fourth-order valence-corrected chi connectivity index (χ4v) is 4.38. The molecule has 0 saturated carbocycles. The minimum Gasteiger partial charge on any atom is -0.450 e. The molecular formula is C24H41IN6O2. The summed E-state index contributed by atoms with van der Waals surface area (Å²) in [4.78, 5) is 23.2. The molecule has 9 heteroatoms. The molecule has 0 bridgehead atoms. The minimum absolute atomic E-state index is 0. The lowest BCUT2D eigenvalue weighted by atomic mass is 10.1. The third-order valence-electron chi connectivity index (χ3n) is 6.46. The third kappa shape index (κ3) is 8.60. The van der Waals surface area contributed by atoms with Crippen molar-refractivity contribution in [3.63, 3.8) is 0 Å². The Hall–Kier alpha value is -1.59. The molecule has 0 aliphatic carbocycles. The highest BCUT2D eigenvalue weighted by Gasteiger charge is 2.24. The molecule has 2 aliphatic rings. The molecule has 2 aliphatic heterocycles. The molecule has 2 fully saturated rings. The lowest BCUT2D eigenvalue weighted by Gasteiger charge is -2.34. The van der Waals surface area contributed by atoms with E-state index < -0.39 is 0 Å². The predicted octanol–water partition coefficient (Wildman–Crippen LogP) is 2.73. The van der Waals surface area contributed by atoms with Gasteiger partial charge in [0.05, 0.1) is 6.61 Å². The Bertz CT molecular complexity index is 746. The standard InChI is InChI=1S/C24H40N6O2.HI/c1-4-28-14-16-29(17-15-28)19-21-9-7-6-8-20(21)18-26-23(25-3)27-22-10-12-30(13-11-22)24(31)32-5-2;/h6-9,22H,4-5,10-19H2,1-3H3,(H2,25,26,27);1H. The predicted molar refractivity (Wildman–Crippen MR) is 144 cm³/mol. The number of hydrogen-bond acceptors (Lipinski definition) is 5.